The summed E-state index contributed by atoms with van der Waals surface area (Å²) in [5.41, 5.74) is 0. The fourth-order valence-corrected chi connectivity index (χ4v) is 2.54. The molecule has 0 bridgehead atoms. The van der Waals surface area contributed by atoms with Crippen LogP contribution in [0.4, 0.5) is 0 Å². The standard InChI is InChI=1S/C12H8Cl2S/c13-9-5-1-3-7-11(9)15-12-8-4-2-6-10(12)14/h1-8H. The summed E-state index contributed by atoms with van der Waals surface area (Å²) >= 11 is 13.7. The highest BCUT2D eigenvalue weighted by Crippen LogP contribution is 2.36. The van der Waals surface area contributed by atoms with Crippen molar-refractivity contribution in [2.24, 2.45) is 0 Å². The van der Waals surface area contributed by atoms with Gasteiger partial charge in [-0.05, 0) is 24.3 Å². The van der Waals surface area contributed by atoms with E-state index in [2.05, 4.69) is 0 Å². The van der Waals surface area contributed by atoms with Gasteiger partial charge in [-0.2, -0.15) is 0 Å². The summed E-state index contributed by atoms with van der Waals surface area (Å²) in [5, 5.41) is 1.50. The second-order valence-electron chi connectivity index (χ2n) is 2.96. The summed E-state index contributed by atoms with van der Waals surface area (Å²) in [6.45, 7) is 0. The molecule has 76 valence electrons. The molecular formula is C12H8Cl2S. The number of rotatable bonds is 2. The summed E-state index contributed by atoms with van der Waals surface area (Å²) in [5.74, 6) is 0. The van der Waals surface area contributed by atoms with Gasteiger partial charge in [0.25, 0.3) is 0 Å². The molecule has 0 nitrogen and oxygen atoms in total. The lowest BCUT2D eigenvalue weighted by atomic mass is 10.4. The van der Waals surface area contributed by atoms with Gasteiger partial charge in [-0.15, -0.1) is 0 Å². The van der Waals surface area contributed by atoms with Crippen LogP contribution in [0.3, 0.4) is 0 Å². The van der Waals surface area contributed by atoms with E-state index in [1.165, 1.54) is 0 Å². The summed E-state index contributed by atoms with van der Waals surface area (Å²) < 4.78 is 0. The van der Waals surface area contributed by atoms with Crippen molar-refractivity contribution in [3.05, 3.63) is 58.6 Å². The van der Waals surface area contributed by atoms with Gasteiger partial charge in [-0.1, -0.05) is 59.2 Å². The number of halogens is 2. The second-order valence-corrected chi connectivity index (χ2v) is 4.86. The van der Waals surface area contributed by atoms with E-state index >= 15 is 0 Å². The Balaban J connectivity index is 2.30. The first-order valence-electron chi connectivity index (χ1n) is 4.44. The molecule has 0 N–H and O–H groups in total. The van der Waals surface area contributed by atoms with Crippen LogP contribution in [0.1, 0.15) is 0 Å². The fraction of sp³-hybridized carbons (Fsp3) is 0. The average molecular weight is 255 g/mol. The molecular weight excluding hydrogens is 247 g/mol. The molecule has 0 heterocycles. The molecule has 0 radical (unpaired) electrons. The monoisotopic (exact) mass is 254 g/mol. The predicted molar refractivity (Wildman–Crippen MR) is 67.0 cm³/mol. The molecule has 0 amide bonds. The van der Waals surface area contributed by atoms with Crippen molar-refractivity contribution in [3.63, 3.8) is 0 Å². The third kappa shape index (κ3) is 2.69. The Morgan fingerprint density at radius 1 is 0.667 bits per heavy atom. The number of hydrogen-bond acceptors (Lipinski definition) is 1. The molecule has 0 fully saturated rings. The van der Waals surface area contributed by atoms with Crippen molar-refractivity contribution in [1.29, 1.82) is 0 Å². The maximum atomic E-state index is 6.06. The lowest BCUT2D eigenvalue weighted by Gasteiger charge is -2.04. The van der Waals surface area contributed by atoms with E-state index < -0.39 is 0 Å². The van der Waals surface area contributed by atoms with Crippen molar-refractivity contribution >= 4 is 35.0 Å². The van der Waals surface area contributed by atoms with Crippen molar-refractivity contribution in [1.82, 2.24) is 0 Å². The topological polar surface area (TPSA) is 0 Å². The smallest absolute Gasteiger partial charge is 0.0545 e. The van der Waals surface area contributed by atoms with E-state index in [0.29, 0.717) is 0 Å². The summed E-state index contributed by atoms with van der Waals surface area (Å²) in [4.78, 5) is 2.04. The van der Waals surface area contributed by atoms with Gasteiger partial charge in [0.2, 0.25) is 0 Å². The Hall–Kier alpha value is -0.630. The number of hydrogen-bond donors (Lipinski definition) is 0. The zero-order chi connectivity index (χ0) is 10.7. The first kappa shape index (κ1) is 10.9. The minimum atomic E-state index is 0.752. The molecule has 15 heavy (non-hydrogen) atoms. The lowest BCUT2D eigenvalue weighted by molar-refractivity contribution is 1.41. The van der Waals surface area contributed by atoms with E-state index in [4.69, 9.17) is 23.2 Å². The van der Waals surface area contributed by atoms with Crippen LogP contribution in [0, 0.1) is 0 Å². The van der Waals surface area contributed by atoms with E-state index in [9.17, 15) is 0 Å². The Morgan fingerprint density at radius 2 is 1.07 bits per heavy atom. The summed E-state index contributed by atoms with van der Waals surface area (Å²) in [7, 11) is 0. The van der Waals surface area contributed by atoms with Crippen LogP contribution < -0.4 is 0 Å². The van der Waals surface area contributed by atoms with Crippen LogP contribution in [-0.2, 0) is 0 Å². The van der Waals surface area contributed by atoms with Crippen LogP contribution in [-0.4, -0.2) is 0 Å². The Labute approximate surface area is 103 Å². The predicted octanol–water partition coefficient (Wildman–Crippen LogP) is 5.14. The first-order valence-corrected chi connectivity index (χ1v) is 6.01. The molecule has 2 aromatic rings. The van der Waals surface area contributed by atoms with Crippen LogP contribution >= 0.6 is 35.0 Å². The highest BCUT2D eigenvalue weighted by Gasteiger charge is 2.04. The van der Waals surface area contributed by atoms with E-state index in [1.807, 2.05) is 48.5 Å². The molecule has 2 rings (SSSR count). The molecule has 0 saturated heterocycles. The molecule has 2 aromatic carbocycles. The molecule has 0 aliphatic carbocycles. The number of benzene rings is 2. The highest BCUT2D eigenvalue weighted by molar-refractivity contribution is 7.99. The summed E-state index contributed by atoms with van der Waals surface area (Å²) in [6, 6.07) is 15.5. The normalized spacial score (nSPS) is 10.3. The largest absolute Gasteiger partial charge is 0.0870 e. The summed E-state index contributed by atoms with van der Waals surface area (Å²) in [6.07, 6.45) is 0. The third-order valence-corrected chi connectivity index (χ3v) is 3.93. The van der Waals surface area contributed by atoms with E-state index in [0.717, 1.165) is 19.8 Å². The SMILES string of the molecule is Clc1ccccc1Sc1ccccc1Cl. The van der Waals surface area contributed by atoms with Gasteiger partial charge in [-0.3, -0.25) is 0 Å². The molecule has 0 aliphatic rings. The highest BCUT2D eigenvalue weighted by atomic mass is 35.5. The zero-order valence-electron chi connectivity index (χ0n) is 7.78. The maximum Gasteiger partial charge on any atom is 0.0545 e. The average Bonchev–Trinajstić information content (AvgIpc) is 2.24. The van der Waals surface area contributed by atoms with Crippen molar-refractivity contribution in [2.45, 2.75) is 9.79 Å². The third-order valence-electron chi connectivity index (χ3n) is 1.89. The quantitative estimate of drug-likeness (QED) is 0.715. The fourth-order valence-electron chi connectivity index (χ4n) is 1.17. The van der Waals surface area contributed by atoms with Gasteiger partial charge in [0, 0.05) is 9.79 Å². The molecule has 0 unspecified atom stereocenters. The Kier molecular flexibility index (Phi) is 3.57. The molecule has 0 aliphatic heterocycles. The van der Waals surface area contributed by atoms with Crippen LogP contribution in [0.15, 0.2) is 58.3 Å². The maximum absolute atomic E-state index is 6.06. The molecule has 0 spiro atoms. The van der Waals surface area contributed by atoms with Crippen LogP contribution in [0.25, 0.3) is 0 Å². The second kappa shape index (κ2) is 4.93. The Bertz CT molecular complexity index is 425. The molecule has 0 atom stereocenters. The van der Waals surface area contributed by atoms with Gasteiger partial charge in [0.15, 0.2) is 0 Å². The molecule has 3 heteroatoms. The van der Waals surface area contributed by atoms with Crippen molar-refractivity contribution in [3.8, 4) is 0 Å². The molecule has 0 saturated carbocycles. The van der Waals surface area contributed by atoms with Gasteiger partial charge >= 0.3 is 0 Å². The van der Waals surface area contributed by atoms with Crippen LogP contribution in [0.2, 0.25) is 10.0 Å². The van der Waals surface area contributed by atoms with Gasteiger partial charge in [0.05, 0.1) is 10.0 Å². The minimum absolute atomic E-state index is 0.752. The van der Waals surface area contributed by atoms with Gasteiger partial charge in [-0.25, -0.2) is 0 Å². The van der Waals surface area contributed by atoms with Crippen molar-refractivity contribution in [2.75, 3.05) is 0 Å². The van der Waals surface area contributed by atoms with Gasteiger partial charge < -0.3 is 0 Å². The van der Waals surface area contributed by atoms with E-state index in [-0.39, 0.29) is 0 Å². The zero-order valence-corrected chi connectivity index (χ0v) is 10.1. The molecule has 0 aromatic heterocycles. The lowest BCUT2D eigenvalue weighted by Crippen LogP contribution is -1.76. The van der Waals surface area contributed by atoms with Crippen LogP contribution in [0.5, 0.6) is 0 Å². The Morgan fingerprint density at radius 3 is 1.47 bits per heavy atom. The van der Waals surface area contributed by atoms with Crippen molar-refractivity contribution < 1.29 is 0 Å². The van der Waals surface area contributed by atoms with E-state index in [1.54, 1.807) is 11.8 Å². The van der Waals surface area contributed by atoms with Gasteiger partial charge in [0.1, 0.15) is 0 Å². The minimum Gasteiger partial charge on any atom is -0.0870 e. The first-order chi connectivity index (χ1) is 7.27.